The SMILES string of the molecule is CCN1CCN(C2CC(C)CCC2NC)CC1. The first-order valence-electron chi connectivity index (χ1n) is 7.38. The molecule has 0 radical (unpaired) electrons. The van der Waals surface area contributed by atoms with E-state index in [-0.39, 0.29) is 0 Å². The smallest absolute Gasteiger partial charge is 0.0252 e. The summed E-state index contributed by atoms with van der Waals surface area (Å²) >= 11 is 0. The van der Waals surface area contributed by atoms with Crippen LogP contribution in [-0.4, -0.2) is 61.7 Å². The Kier molecular flexibility index (Phi) is 4.83. The second-order valence-corrected chi connectivity index (χ2v) is 5.85. The predicted molar refractivity (Wildman–Crippen MR) is 73.3 cm³/mol. The average Bonchev–Trinajstić information content (AvgIpc) is 2.39. The molecular formula is C14H29N3. The van der Waals surface area contributed by atoms with E-state index in [1.54, 1.807) is 0 Å². The summed E-state index contributed by atoms with van der Waals surface area (Å²) < 4.78 is 0. The monoisotopic (exact) mass is 239 g/mol. The molecule has 2 rings (SSSR count). The highest BCUT2D eigenvalue weighted by molar-refractivity contribution is 4.91. The number of likely N-dealkylation sites (N-methyl/N-ethyl adjacent to an activating group) is 2. The van der Waals surface area contributed by atoms with Crippen LogP contribution in [0.2, 0.25) is 0 Å². The molecule has 0 spiro atoms. The van der Waals surface area contributed by atoms with Gasteiger partial charge in [-0.3, -0.25) is 4.90 Å². The van der Waals surface area contributed by atoms with Crippen LogP contribution in [0.15, 0.2) is 0 Å². The van der Waals surface area contributed by atoms with E-state index in [1.807, 2.05) is 0 Å². The number of piperazine rings is 1. The highest BCUT2D eigenvalue weighted by atomic mass is 15.3. The van der Waals surface area contributed by atoms with E-state index in [4.69, 9.17) is 0 Å². The van der Waals surface area contributed by atoms with Crippen LogP contribution in [0.1, 0.15) is 33.1 Å². The van der Waals surface area contributed by atoms with Gasteiger partial charge in [-0.25, -0.2) is 0 Å². The molecule has 0 amide bonds. The standard InChI is InChI=1S/C14H29N3/c1-4-16-7-9-17(10-8-16)14-11-12(2)5-6-13(14)15-3/h12-15H,4-11H2,1-3H3. The van der Waals surface area contributed by atoms with Gasteiger partial charge in [0.1, 0.15) is 0 Å². The summed E-state index contributed by atoms with van der Waals surface area (Å²) in [5, 5.41) is 3.54. The third kappa shape index (κ3) is 3.21. The molecule has 0 bridgehead atoms. The molecule has 3 unspecified atom stereocenters. The maximum Gasteiger partial charge on any atom is 0.0252 e. The molecule has 1 saturated heterocycles. The fourth-order valence-corrected chi connectivity index (χ4v) is 3.50. The molecule has 100 valence electrons. The maximum absolute atomic E-state index is 3.54. The van der Waals surface area contributed by atoms with Gasteiger partial charge in [-0.1, -0.05) is 13.8 Å². The normalized spacial score (nSPS) is 37.2. The Labute approximate surface area is 107 Å². The summed E-state index contributed by atoms with van der Waals surface area (Å²) in [4.78, 5) is 5.31. The summed E-state index contributed by atoms with van der Waals surface area (Å²) in [6.07, 6.45) is 4.14. The second-order valence-electron chi connectivity index (χ2n) is 5.85. The van der Waals surface area contributed by atoms with Crippen molar-refractivity contribution in [3.8, 4) is 0 Å². The average molecular weight is 239 g/mol. The highest BCUT2D eigenvalue weighted by Crippen LogP contribution is 2.28. The molecule has 17 heavy (non-hydrogen) atoms. The lowest BCUT2D eigenvalue weighted by Crippen LogP contribution is -2.57. The first-order valence-corrected chi connectivity index (χ1v) is 7.38. The summed E-state index contributed by atoms with van der Waals surface area (Å²) in [6.45, 7) is 11.0. The summed E-state index contributed by atoms with van der Waals surface area (Å²) in [7, 11) is 2.13. The molecule has 1 heterocycles. The fourth-order valence-electron chi connectivity index (χ4n) is 3.50. The van der Waals surface area contributed by atoms with Crippen molar-refractivity contribution in [2.75, 3.05) is 39.8 Å². The Morgan fingerprint density at radius 1 is 1.12 bits per heavy atom. The van der Waals surface area contributed by atoms with Gasteiger partial charge in [-0.15, -0.1) is 0 Å². The minimum Gasteiger partial charge on any atom is -0.315 e. The third-order valence-corrected chi connectivity index (χ3v) is 4.77. The van der Waals surface area contributed by atoms with Crippen LogP contribution in [0.25, 0.3) is 0 Å². The Bertz CT molecular complexity index is 224. The molecule has 2 fully saturated rings. The van der Waals surface area contributed by atoms with Gasteiger partial charge < -0.3 is 10.2 Å². The highest BCUT2D eigenvalue weighted by Gasteiger charge is 2.33. The molecule has 0 aromatic carbocycles. The van der Waals surface area contributed by atoms with Crippen molar-refractivity contribution < 1.29 is 0 Å². The molecule has 1 aliphatic heterocycles. The van der Waals surface area contributed by atoms with E-state index < -0.39 is 0 Å². The van der Waals surface area contributed by atoms with Gasteiger partial charge >= 0.3 is 0 Å². The fraction of sp³-hybridized carbons (Fsp3) is 1.00. The van der Waals surface area contributed by atoms with Crippen LogP contribution >= 0.6 is 0 Å². The van der Waals surface area contributed by atoms with Crippen LogP contribution in [0.4, 0.5) is 0 Å². The van der Waals surface area contributed by atoms with Crippen molar-refractivity contribution in [2.24, 2.45) is 5.92 Å². The van der Waals surface area contributed by atoms with Crippen LogP contribution < -0.4 is 5.32 Å². The maximum atomic E-state index is 3.54. The van der Waals surface area contributed by atoms with Gasteiger partial charge in [0.25, 0.3) is 0 Å². The van der Waals surface area contributed by atoms with Crippen LogP contribution in [0.5, 0.6) is 0 Å². The molecule has 3 atom stereocenters. The van der Waals surface area contributed by atoms with Gasteiger partial charge in [0, 0.05) is 38.3 Å². The Balaban J connectivity index is 1.90. The van der Waals surface area contributed by atoms with E-state index in [1.165, 1.54) is 52.0 Å². The zero-order valence-corrected chi connectivity index (χ0v) is 11.8. The van der Waals surface area contributed by atoms with Crippen LogP contribution in [0, 0.1) is 5.92 Å². The first kappa shape index (κ1) is 13.3. The molecule has 2 aliphatic rings. The van der Waals surface area contributed by atoms with E-state index in [2.05, 4.69) is 36.0 Å². The zero-order chi connectivity index (χ0) is 12.3. The minimum absolute atomic E-state index is 0.722. The quantitative estimate of drug-likeness (QED) is 0.803. The summed E-state index contributed by atoms with van der Waals surface area (Å²) in [5.41, 5.74) is 0. The number of rotatable bonds is 3. The van der Waals surface area contributed by atoms with Gasteiger partial charge in [0.15, 0.2) is 0 Å². The van der Waals surface area contributed by atoms with Crippen LogP contribution in [0.3, 0.4) is 0 Å². The summed E-state index contributed by atoms with van der Waals surface area (Å²) in [6, 6.07) is 1.50. The van der Waals surface area contributed by atoms with Gasteiger partial charge in [-0.05, 0) is 38.8 Å². The molecule has 1 N–H and O–H groups in total. The largest absolute Gasteiger partial charge is 0.315 e. The number of nitrogens with one attached hydrogen (secondary N) is 1. The number of hydrogen-bond donors (Lipinski definition) is 1. The van der Waals surface area contributed by atoms with E-state index in [0.717, 1.165) is 18.0 Å². The van der Waals surface area contributed by atoms with Gasteiger partial charge in [-0.2, -0.15) is 0 Å². The van der Waals surface area contributed by atoms with Crippen molar-refractivity contribution in [1.82, 2.24) is 15.1 Å². The molecule has 1 aliphatic carbocycles. The second kappa shape index (κ2) is 6.17. The Morgan fingerprint density at radius 3 is 2.41 bits per heavy atom. The number of hydrogen-bond acceptors (Lipinski definition) is 3. The van der Waals surface area contributed by atoms with Crippen molar-refractivity contribution in [3.05, 3.63) is 0 Å². The van der Waals surface area contributed by atoms with Gasteiger partial charge in [0.2, 0.25) is 0 Å². The number of nitrogens with zero attached hydrogens (tertiary/aromatic N) is 2. The van der Waals surface area contributed by atoms with Gasteiger partial charge in [0.05, 0.1) is 0 Å². The first-order chi connectivity index (χ1) is 8.24. The topological polar surface area (TPSA) is 18.5 Å². The Hall–Kier alpha value is -0.120. The van der Waals surface area contributed by atoms with Crippen LogP contribution in [-0.2, 0) is 0 Å². The predicted octanol–water partition coefficient (Wildman–Crippen LogP) is 1.40. The minimum atomic E-state index is 0.722. The van der Waals surface area contributed by atoms with E-state index in [9.17, 15) is 0 Å². The summed E-state index contributed by atoms with van der Waals surface area (Å²) in [5.74, 6) is 0.911. The Morgan fingerprint density at radius 2 is 1.82 bits per heavy atom. The molecule has 1 saturated carbocycles. The van der Waals surface area contributed by atoms with E-state index >= 15 is 0 Å². The van der Waals surface area contributed by atoms with Crippen molar-refractivity contribution in [3.63, 3.8) is 0 Å². The molecular weight excluding hydrogens is 210 g/mol. The zero-order valence-electron chi connectivity index (χ0n) is 11.8. The lowest BCUT2D eigenvalue weighted by molar-refractivity contribution is 0.0538. The lowest BCUT2D eigenvalue weighted by Gasteiger charge is -2.45. The molecule has 3 heteroatoms. The lowest BCUT2D eigenvalue weighted by atomic mass is 9.82. The van der Waals surface area contributed by atoms with E-state index in [0.29, 0.717) is 0 Å². The van der Waals surface area contributed by atoms with Crippen molar-refractivity contribution in [1.29, 1.82) is 0 Å². The van der Waals surface area contributed by atoms with Crippen molar-refractivity contribution >= 4 is 0 Å². The van der Waals surface area contributed by atoms with Crippen molar-refractivity contribution in [2.45, 2.75) is 45.2 Å². The molecule has 3 nitrogen and oxygen atoms in total. The molecule has 0 aromatic heterocycles. The molecule has 0 aromatic rings. The third-order valence-electron chi connectivity index (χ3n) is 4.77.